The van der Waals surface area contributed by atoms with Crippen molar-refractivity contribution in [2.24, 2.45) is 0 Å². The number of nitrogens with zero attached hydrogens (tertiary/aromatic N) is 1. The fourth-order valence-corrected chi connectivity index (χ4v) is 4.85. The lowest BCUT2D eigenvalue weighted by Gasteiger charge is -2.35. The van der Waals surface area contributed by atoms with Gasteiger partial charge in [0.1, 0.15) is 0 Å². The van der Waals surface area contributed by atoms with E-state index in [4.69, 9.17) is 4.74 Å². The van der Waals surface area contributed by atoms with Crippen molar-refractivity contribution in [3.63, 3.8) is 0 Å². The van der Waals surface area contributed by atoms with E-state index in [1.54, 1.807) is 4.31 Å². The van der Waals surface area contributed by atoms with Crippen LogP contribution in [0.3, 0.4) is 0 Å². The van der Waals surface area contributed by atoms with Gasteiger partial charge in [0.05, 0.1) is 5.25 Å². The standard InChI is InChI=1S/C13H26N2O3S/c1-2-7-14-12-4-3-8-15(11-12)19(16,17)13-5-9-18-10-6-13/h12-14H,2-11H2,1H3. The van der Waals surface area contributed by atoms with E-state index in [2.05, 4.69) is 12.2 Å². The molecule has 0 radical (unpaired) electrons. The summed E-state index contributed by atoms with van der Waals surface area (Å²) in [5.74, 6) is 0. The van der Waals surface area contributed by atoms with Crippen LogP contribution in [0.5, 0.6) is 0 Å². The van der Waals surface area contributed by atoms with E-state index in [0.29, 0.717) is 45.2 Å². The Kier molecular flexibility index (Phi) is 5.62. The van der Waals surface area contributed by atoms with Crippen LogP contribution in [0.2, 0.25) is 0 Å². The normalized spacial score (nSPS) is 27.5. The summed E-state index contributed by atoms with van der Waals surface area (Å²) >= 11 is 0. The van der Waals surface area contributed by atoms with E-state index in [1.807, 2.05) is 0 Å². The van der Waals surface area contributed by atoms with Gasteiger partial charge in [-0.05, 0) is 38.6 Å². The molecular weight excluding hydrogens is 264 g/mol. The topological polar surface area (TPSA) is 58.6 Å². The fraction of sp³-hybridized carbons (Fsp3) is 1.00. The summed E-state index contributed by atoms with van der Waals surface area (Å²) in [7, 11) is -3.13. The van der Waals surface area contributed by atoms with Crippen molar-refractivity contribution in [3.8, 4) is 0 Å². The van der Waals surface area contributed by atoms with Gasteiger partial charge >= 0.3 is 0 Å². The smallest absolute Gasteiger partial charge is 0.217 e. The van der Waals surface area contributed by atoms with E-state index in [9.17, 15) is 8.42 Å². The molecular formula is C13H26N2O3S. The molecule has 0 saturated carbocycles. The zero-order chi connectivity index (χ0) is 13.7. The Morgan fingerprint density at radius 2 is 2.00 bits per heavy atom. The van der Waals surface area contributed by atoms with E-state index >= 15 is 0 Å². The Balaban J connectivity index is 1.95. The van der Waals surface area contributed by atoms with Gasteiger partial charge in [-0.2, -0.15) is 0 Å². The van der Waals surface area contributed by atoms with Crippen LogP contribution in [-0.4, -0.2) is 56.9 Å². The average Bonchev–Trinajstić information content (AvgIpc) is 2.46. The fourth-order valence-electron chi connectivity index (χ4n) is 2.87. The number of rotatable bonds is 5. The molecule has 2 rings (SSSR count). The minimum Gasteiger partial charge on any atom is -0.381 e. The number of piperidine rings is 1. The summed E-state index contributed by atoms with van der Waals surface area (Å²) in [6.45, 7) is 5.58. The van der Waals surface area contributed by atoms with Gasteiger partial charge in [0.15, 0.2) is 0 Å². The predicted octanol–water partition coefficient (Wildman–Crippen LogP) is 0.959. The Hall–Kier alpha value is -0.170. The monoisotopic (exact) mass is 290 g/mol. The second-order valence-electron chi connectivity index (χ2n) is 5.51. The van der Waals surface area contributed by atoms with Crippen LogP contribution in [0.25, 0.3) is 0 Å². The maximum atomic E-state index is 12.6. The molecule has 0 bridgehead atoms. The highest BCUT2D eigenvalue weighted by molar-refractivity contribution is 7.89. The Morgan fingerprint density at radius 1 is 1.26 bits per heavy atom. The van der Waals surface area contributed by atoms with Crippen molar-refractivity contribution >= 4 is 10.0 Å². The summed E-state index contributed by atoms with van der Waals surface area (Å²) in [5.41, 5.74) is 0. The first-order valence-electron chi connectivity index (χ1n) is 7.44. The van der Waals surface area contributed by atoms with Crippen LogP contribution in [0, 0.1) is 0 Å². The summed E-state index contributed by atoms with van der Waals surface area (Å²) < 4.78 is 32.2. The molecule has 0 aromatic heterocycles. The Bertz CT molecular complexity index is 366. The van der Waals surface area contributed by atoms with E-state index in [1.165, 1.54) is 0 Å². The second kappa shape index (κ2) is 7.02. The molecule has 1 atom stereocenters. The molecule has 0 aromatic carbocycles. The van der Waals surface area contributed by atoms with E-state index < -0.39 is 10.0 Å². The molecule has 0 spiro atoms. The van der Waals surface area contributed by atoms with E-state index in [0.717, 1.165) is 25.8 Å². The Morgan fingerprint density at radius 3 is 2.68 bits per heavy atom. The van der Waals surface area contributed by atoms with Gasteiger partial charge in [0.25, 0.3) is 0 Å². The van der Waals surface area contributed by atoms with Gasteiger partial charge in [-0.25, -0.2) is 12.7 Å². The van der Waals surface area contributed by atoms with Crippen molar-refractivity contribution in [1.29, 1.82) is 0 Å². The molecule has 1 N–H and O–H groups in total. The lowest BCUT2D eigenvalue weighted by atomic mass is 10.1. The molecule has 1 unspecified atom stereocenters. The number of hydrogen-bond acceptors (Lipinski definition) is 4. The second-order valence-corrected chi connectivity index (χ2v) is 7.72. The quantitative estimate of drug-likeness (QED) is 0.819. The minimum atomic E-state index is -3.13. The van der Waals surface area contributed by atoms with Gasteiger partial charge in [0, 0.05) is 32.3 Å². The average molecular weight is 290 g/mol. The highest BCUT2D eigenvalue weighted by Gasteiger charge is 2.35. The van der Waals surface area contributed by atoms with Gasteiger partial charge in [-0.3, -0.25) is 0 Å². The highest BCUT2D eigenvalue weighted by Crippen LogP contribution is 2.23. The third-order valence-corrected chi connectivity index (χ3v) is 6.38. The van der Waals surface area contributed by atoms with Crippen molar-refractivity contribution in [1.82, 2.24) is 9.62 Å². The number of ether oxygens (including phenoxy) is 1. The molecule has 0 amide bonds. The maximum absolute atomic E-state index is 12.6. The zero-order valence-electron chi connectivity index (χ0n) is 11.8. The van der Waals surface area contributed by atoms with Crippen molar-refractivity contribution in [2.75, 3.05) is 32.8 Å². The van der Waals surface area contributed by atoms with Crippen LogP contribution in [0.1, 0.15) is 39.0 Å². The number of sulfonamides is 1. The lowest BCUT2D eigenvalue weighted by molar-refractivity contribution is 0.0968. The van der Waals surface area contributed by atoms with Gasteiger partial charge in [-0.15, -0.1) is 0 Å². The Labute approximate surface area is 116 Å². The molecule has 2 fully saturated rings. The third-order valence-electron chi connectivity index (χ3n) is 4.02. The van der Waals surface area contributed by atoms with Crippen LogP contribution in [0.4, 0.5) is 0 Å². The summed E-state index contributed by atoms with van der Waals surface area (Å²) in [4.78, 5) is 0. The van der Waals surface area contributed by atoms with Crippen LogP contribution in [-0.2, 0) is 14.8 Å². The summed E-state index contributed by atoms with van der Waals surface area (Å²) in [6, 6.07) is 0.323. The predicted molar refractivity (Wildman–Crippen MR) is 75.6 cm³/mol. The minimum absolute atomic E-state index is 0.230. The molecule has 2 aliphatic heterocycles. The lowest BCUT2D eigenvalue weighted by Crippen LogP contribution is -2.51. The molecule has 19 heavy (non-hydrogen) atoms. The number of nitrogens with one attached hydrogen (secondary N) is 1. The summed E-state index contributed by atoms with van der Waals surface area (Å²) in [6.07, 6.45) is 4.42. The largest absolute Gasteiger partial charge is 0.381 e. The molecule has 0 aliphatic carbocycles. The first-order valence-corrected chi connectivity index (χ1v) is 8.95. The summed E-state index contributed by atoms with van der Waals surface area (Å²) in [5, 5.41) is 3.22. The molecule has 0 aromatic rings. The zero-order valence-corrected chi connectivity index (χ0v) is 12.6. The van der Waals surface area contributed by atoms with Crippen molar-refractivity contribution in [2.45, 2.75) is 50.3 Å². The maximum Gasteiger partial charge on any atom is 0.217 e. The molecule has 2 saturated heterocycles. The van der Waals surface area contributed by atoms with Crippen molar-refractivity contribution in [3.05, 3.63) is 0 Å². The van der Waals surface area contributed by atoms with Gasteiger partial charge < -0.3 is 10.1 Å². The molecule has 112 valence electrons. The molecule has 5 nitrogen and oxygen atoms in total. The van der Waals surface area contributed by atoms with Crippen LogP contribution >= 0.6 is 0 Å². The molecule has 6 heteroatoms. The first kappa shape index (κ1) is 15.2. The van der Waals surface area contributed by atoms with Crippen molar-refractivity contribution < 1.29 is 13.2 Å². The number of hydrogen-bond donors (Lipinski definition) is 1. The van der Waals surface area contributed by atoms with E-state index in [-0.39, 0.29) is 5.25 Å². The van der Waals surface area contributed by atoms with Crippen LogP contribution < -0.4 is 5.32 Å². The molecule has 2 aliphatic rings. The van der Waals surface area contributed by atoms with Gasteiger partial charge in [0.2, 0.25) is 10.0 Å². The molecule has 2 heterocycles. The third kappa shape index (κ3) is 3.90. The highest BCUT2D eigenvalue weighted by atomic mass is 32.2. The SMILES string of the molecule is CCCNC1CCCN(S(=O)(=O)C2CCOCC2)C1. The first-order chi connectivity index (χ1) is 9.14. The van der Waals surface area contributed by atoms with Gasteiger partial charge in [-0.1, -0.05) is 6.92 Å². The van der Waals surface area contributed by atoms with Crippen LogP contribution in [0.15, 0.2) is 0 Å².